The fraction of sp³-hybridized carbons (Fsp3) is 0.296. The van der Waals surface area contributed by atoms with Gasteiger partial charge < -0.3 is 23.9 Å². The van der Waals surface area contributed by atoms with Crippen molar-refractivity contribution in [2.24, 2.45) is 0 Å². The van der Waals surface area contributed by atoms with Crippen molar-refractivity contribution in [2.45, 2.75) is 6.10 Å². The van der Waals surface area contributed by atoms with E-state index < -0.39 is 6.10 Å². The molecule has 1 saturated heterocycles. The van der Waals surface area contributed by atoms with Gasteiger partial charge in [-0.05, 0) is 36.4 Å². The summed E-state index contributed by atoms with van der Waals surface area (Å²) in [6.45, 7) is 4.01. The van der Waals surface area contributed by atoms with Gasteiger partial charge in [-0.25, -0.2) is 0 Å². The molecule has 1 aliphatic rings. The Morgan fingerprint density at radius 1 is 0.912 bits per heavy atom. The maximum Gasteiger partial charge on any atom is 0.200 e. The molecular formula is C27H28N2O5. The molecule has 1 fully saturated rings. The fourth-order valence-corrected chi connectivity index (χ4v) is 4.51. The second kappa shape index (κ2) is 9.75. The molecule has 3 aromatic carbocycles. The lowest BCUT2D eigenvalue weighted by molar-refractivity contribution is 0.0665. The molecule has 1 aromatic heterocycles. The summed E-state index contributed by atoms with van der Waals surface area (Å²) in [6.07, 6.45) is -0.666. The monoisotopic (exact) mass is 460 g/mol. The third kappa shape index (κ3) is 4.44. The summed E-state index contributed by atoms with van der Waals surface area (Å²) in [5, 5.41) is 11.6. The van der Waals surface area contributed by atoms with E-state index >= 15 is 0 Å². The lowest BCUT2D eigenvalue weighted by Gasteiger charge is -2.37. The van der Waals surface area contributed by atoms with E-state index in [9.17, 15) is 9.90 Å². The number of benzene rings is 3. The molecule has 4 aromatic rings. The van der Waals surface area contributed by atoms with Crippen LogP contribution in [-0.4, -0.2) is 62.6 Å². The van der Waals surface area contributed by atoms with Crippen LogP contribution in [0.1, 0.15) is 0 Å². The summed E-state index contributed by atoms with van der Waals surface area (Å²) in [4.78, 5) is 17.4. The quantitative estimate of drug-likeness (QED) is 0.423. The van der Waals surface area contributed by atoms with Gasteiger partial charge in [0, 0.05) is 32.7 Å². The maximum atomic E-state index is 12.8. The normalized spacial score (nSPS) is 15.5. The second-order valence-electron chi connectivity index (χ2n) is 8.48. The van der Waals surface area contributed by atoms with Gasteiger partial charge in [0.15, 0.2) is 11.3 Å². The topological polar surface area (TPSA) is 75.4 Å². The van der Waals surface area contributed by atoms with Crippen molar-refractivity contribution in [3.05, 3.63) is 77.0 Å². The number of anilines is 1. The zero-order valence-electron chi connectivity index (χ0n) is 19.1. The molecule has 176 valence electrons. The molecule has 7 nitrogen and oxygen atoms in total. The smallest absolute Gasteiger partial charge is 0.200 e. The number of rotatable bonds is 7. The van der Waals surface area contributed by atoms with Crippen LogP contribution >= 0.6 is 0 Å². The number of para-hydroxylation sites is 4. The summed E-state index contributed by atoms with van der Waals surface area (Å²) in [5.41, 5.74) is 1.93. The fourth-order valence-electron chi connectivity index (χ4n) is 4.51. The molecule has 5 rings (SSSR count). The zero-order valence-corrected chi connectivity index (χ0v) is 19.1. The second-order valence-corrected chi connectivity index (χ2v) is 8.48. The minimum atomic E-state index is -0.666. The molecule has 0 saturated carbocycles. The highest BCUT2D eigenvalue weighted by Crippen LogP contribution is 2.29. The predicted octanol–water partition coefficient (Wildman–Crippen LogP) is 3.52. The number of ether oxygens (including phenoxy) is 2. The number of hydrogen-bond acceptors (Lipinski definition) is 7. The third-order valence-corrected chi connectivity index (χ3v) is 6.27. The van der Waals surface area contributed by atoms with Gasteiger partial charge in [-0.15, -0.1) is 0 Å². The summed E-state index contributed by atoms with van der Waals surface area (Å²) in [5.74, 6) is 1.33. The van der Waals surface area contributed by atoms with Crippen LogP contribution in [0.15, 0.2) is 75.9 Å². The van der Waals surface area contributed by atoms with Gasteiger partial charge in [0.05, 0.1) is 23.6 Å². The van der Waals surface area contributed by atoms with Gasteiger partial charge in [-0.1, -0.05) is 30.3 Å². The molecule has 0 bridgehead atoms. The number of fused-ring (bicyclic) bond motifs is 2. The zero-order chi connectivity index (χ0) is 23.5. The van der Waals surface area contributed by atoms with E-state index in [2.05, 4.69) is 15.9 Å². The Morgan fingerprint density at radius 3 is 2.44 bits per heavy atom. The lowest BCUT2D eigenvalue weighted by atomic mass is 10.1. The molecule has 1 atom stereocenters. The van der Waals surface area contributed by atoms with Crippen LogP contribution in [0.5, 0.6) is 11.5 Å². The van der Waals surface area contributed by atoms with Crippen LogP contribution in [0.4, 0.5) is 5.69 Å². The Labute approximate surface area is 197 Å². The number of nitrogens with zero attached hydrogens (tertiary/aromatic N) is 2. The Balaban J connectivity index is 1.21. The van der Waals surface area contributed by atoms with E-state index in [1.54, 1.807) is 37.4 Å². The van der Waals surface area contributed by atoms with Crippen LogP contribution in [0.25, 0.3) is 21.9 Å². The maximum absolute atomic E-state index is 12.8. The molecule has 2 heterocycles. The van der Waals surface area contributed by atoms with Gasteiger partial charge in [0.25, 0.3) is 0 Å². The molecule has 7 heteroatoms. The number of β-amino-alcohol motifs (C(OH)–C–C–N with tert-alkyl or cyclic N) is 1. The molecule has 0 unspecified atom stereocenters. The largest absolute Gasteiger partial charge is 0.495 e. The van der Waals surface area contributed by atoms with E-state index in [1.165, 1.54) is 0 Å². The molecule has 1 N–H and O–H groups in total. The first kappa shape index (κ1) is 22.3. The standard InChI is InChI=1S/C27H28N2O5/c1-32-24-11-5-3-9-22(24)29-15-13-28(14-16-29)17-19(30)18-33-25-12-6-8-21-26(31)20-7-2-4-10-23(20)34-27(21)25/h2-12,19,30H,13-18H2,1H3/t19-/m0/s1. The Kier molecular flexibility index (Phi) is 6.38. The Hall–Kier alpha value is -3.55. The van der Waals surface area contributed by atoms with Gasteiger partial charge in [0.2, 0.25) is 5.43 Å². The van der Waals surface area contributed by atoms with Crippen LogP contribution < -0.4 is 19.8 Å². The Bertz CT molecular complexity index is 1340. The van der Waals surface area contributed by atoms with Crippen molar-refractivity contribution in [2.75, 3.05) is 51.3 Å². The average Bonchev–Trinajstić information content (AvgIpc) is 2.88. The van der Waals surface area contributed by atoms with Gasteiger partial charge in [-0.3, -0.25) is 9.69 Å². The Morgan fingerprint density at radius 2 is 1.62 bits per heavy atom. The minimum absolute atomic E-state index is 0.0873. The number of aliphatic hydroxyl groups excluding tert-OH is 1. The van der Waals surface area contributed by atoms with Crippen molar-refractivity contribution in [3.63, 3.8) is 0 Å². The summed E-state index contributed by atoms with van der Waals surface area (Å²) in [7, 11) is 1.69. The van der Waals surface area contributed by atoms with Gasteiger partial charge >= 0.3 is 0 Å². The number of hydrogen-bond donors (Lipinski definition) is 1. The van der Waals surface area contributed by atoms with E-state index in [-0.39, 0.29) is 12.0 Å². The number of piperazine rings is 1. The van der Waals surface area contributed by atoms with Crippen molar-refractivity contribution in [1.82, 2.24) is 4.90 Å². The highest BCUT2D eigenvalue weighted by molar-refractivity contribution is 5.92. The van der Waals surface area contributed by atoms with Crippen LogP contribution in [0, 0.1) is 0 Å². The molecule has 0 amide bonds. The van der Waals surface area contributed by atoms with Gasteiger partial charge in [-0.2, -0.15) is 0 Å². The molecule has 0 spiro atoms. The molecule has 1 aliphatic heterocycles. The summed E-state index contributed by atoms with van der Waals surface area (Å²) < 4.78 is 17.4. The van der Waals surface area contributed by atoms with Crippen molar-refractivity contribution in [1.29, 1.82) is 0 Å². The van der Waals surface area contributed by atoms with E-state index in [0.29, 0.717) is 34.2 Å². The summed E-state index contributed by atoms with van der Waals surface area (Å²) >= 11 is 0. The molecule has 0 radical (unpaired) electrons. The highest BCUT2D eigenvalue weighted by atomic mass is 16.5. The molecular weight excluding hydrogens is 432 g/mol. The number of methoxy groups -OCH3 is 1. The van der Waals surface area contributed by atoms with Crippen molar-refractivity contribution in [3.8, 4) is 11.5 Å². The summed E-state index contributed by atoms with van der Waals surface area (Å²) in [6, 6.07) is 20.5. The first-order chi connectivity index (χ1) is 16.6. The predicted molar refractivity (Wildman–Crippen MR) is 133 cm³/mol. The van der Waals surface area contributed by atoms with Gasteiger partial charge in [0.1, 0.15) is 24.0 Å². The number of aliphatic hydroxyl groups is 1. The van der Waals surface area contributed by atoms with Crippen LogP contribution in [0.3, 0.4) is 0 Å². The van der Waals surface area contributed by atoms with Crippen LogP contribution in [0.2, 0.25) is 0 Å². The first-order valence-electron chi connectivity index (χ1n) is 11.5. The first-order valence-corrected chi connectivity index (χ1v) is 11.5. The van der Waals surface area contributed by atoms with Crippen molar-refractivity contribution < 1.29 is 19.0 Å². The molecule has 0 aliphatic carbocycles. The molecule has 34 heavy (non-hydrogen) atoms. The minimum Gasteiger partial charge on any atom is -0.495 e. The highest BCUT2D eigenvalue weighted by Gasteiger charge is 2.22. The third-order valence-electron chi connectivity index (χ3n) is 6.27. The van der Waals surface area contributed by atoms with E-state index in [0.717, 1.165) is 37.6 Å². The van der Waals surface area contributed by atoms with Crippen LogP contribution in [-0.2, 0) is 0 Å². The van der Waals surface area contributed by atoms with Crippen molar-refractivity contribution >= 4 is 27.6 Å². The SMILES string of the molecule is COc1ccccc1N1CCN(C[C@H](O)COc2cccc3c(=O)c4ccccc4oc23)CC1. The van der Waals surface area contributed by atoms with E-state index in [4.69, 9.17) is 13.9 Å². The lowest BCUT2D eigenvalue weighted by Crippen LogP contribution is -2.49. The van der Waals surface area contributed by atoms with E-state index in [1.807, 2.05) is 30.3 Å². The average molecular weight is 461 g/mol.